The number of aliphatic hydroxyl groups excluding tert-OH is 1. The largest absolute Gasteiger partial charge is 0.395 e. The van der Waals surface area contributed by atoms with Crippen LogP contribution >= 0.6 is 0 Å². The zero-order valence-electron chi connectivity index (χ0n) is 7.43. The summed E-state index contributed by atoms with van der Waals surface area (Å²) in [5, 5.41) is 12.2. The molecule has 0 aliphatic heterocycles. The van der Waals surface area contributed by atoms with Crippen LogP contribution in [-0.2, 0) is 0 Å². The van der Waals surface area contributed by atoms with E-state index in [9.17, 15) is 4.79 Å². The maximum absolute atomic E-state index is 11.5. The summed E-state index contributed by atoms with van der Waals surface area (Å²) >= 11 is 0. The number of carbonyl (C=O) groups is 1. The minimum absolute atomic E-state index is 0.0442. The first-order chi connectivity index (χ1) is 6.29. The SMILES string of the molecule is CCN(CCO)C(=O)c1ccon1. The summed E-state index contributed by atoms with van der Waals surface area (Å²) in [5.74, 6) is -0.217. The number of hydrogen-bond donors (Lipinski definition) is 1. The van der Waals surface area contributed by atoms with Crippen LogP contribution in [0.3, 0.4) is 0 Å². The molecule has 0 atom stereocenters. The number of rotatable bonds is 4. The number of aromatic nitrogens is 1. The van der Waals surface area contributed by atoms with Gasteiger partial charge in [-0.2, -0.15) is 0 Å². The molecule has 0 aromatic carbocycles. The van der Waals surface area contributed by atoms with Gasteiger partial charge in [-0.15, -0.1) is 0 Å². The van der Waals surface area contributed by atoms with E-state index in [4.69, 9.17) is 5.11 Å². The highest BCUT2D eigenvalue weighted by Gasteiger charge is 2.15. The summed E-state index contributed by atoms with van der Waals surface area (Å²) in [4.78, 5) is 13.0. The molecule has 1 rings (SSSR count). The van der Waals surface area contributed by atoms with Gasteiger partial charge in [0.05, 0.1) is 6.61 Å². The number of likely N-dealkylation sites (N-methyl/N-ethyl adjacent to an activating group) is 1. The molecule has 1 amide bonds. The Morgan fingerprint density at radius 3 is 3.00 bits per heavy atom. The molecule has 72 valence electrons. The van der Waals surface area contributed by atoms with Crippen molar-refractivity contribution in [2.24, 2.45) is 0 Å². The van der Waals surface area contributed by atoms with Crippen molar-refractivity contribution in [2.75, 3.05) is 19.7 Å². The van der Waals surface area contributed by atoms with Crippen molar-refractivity contribution >= 4 is 5.91 Å². The van der Waals surface area contributed by atoms with Gasteiger partial charge in [-0.1, -0.05) is 5.16 Å². The number of amides is 1. The van der Waals surface area contributed by atoms with Gasteiger partial charge in [0.15, 0.2) is 5.69 Å². The van der Waals surface area contributed by atoms with E-state index in [-0.39, 0.29) is 18.2 Å². The third-order valence-corrected chi connectivity index (χ3v) is 1.70. The number of hydrogen-bond acceptors (Lipinski definition) is 4. The van der Waals surface area contributed by atoms with Crippen LogP contribution in [-0.4, -0.2) is 40.8 Å². The first-order valence-electron chi connectivity index (χ1n) is 4.10. The zero-order valence-corrected chi connectivity index (χ0v) is 7.43. The monoisotopic (exact) mass is 184 g/mol. The molecule has 1 N–H and O–H groups in total. The predicted molar refractivity (Wildman–Crippen MR) is 45.2 cm³/mol. The normalized spacial score (nSPS) is 10.0. The Hall–Kier alpha value is -1.36. The lowest BCUT2D eigenvalue weighted by Gasteiger charge is -2.17. The van der Waals surface area contributed by atoms with Crippen molar-refractivity contribution < 1.29 is 14.4 Å². The molecule has 0 aliphatic rings. The van der Waals surface area contributed by atoms with Gasteiger partial charge in [-0.05, 0) is 6.92 Å². The van der Waals surface area contributed by atoms with Crippen LogP contribution in [0.5, 0.6) is 0 Å². The van der Waals surface area contributed by atoms with Gasteiger partial charge in [-0.25, -0.2) is 0 Å². The summed E-state index contributed by atoms with van der Waals surface area (Å²) in [6, 6.07) is 1.50. The second kappa shape index (κ2) is 4.61. The molecule has 0 fully saturated rings. The summed E-state index contributed by atoms with van der Waals surface area (Å²) in [6.45, 7) is 2.67. The molecule has 0 aliphatic carbocycles. The van der Waals surface area contributed by atoms with Crippen LogP contribution in [0.1, 0.15) is 17.4 Å². The van der Waals surface area contributed by atoms with E-state index in [1.165, 1.54) is 17.2 Å². The fourth-order valence-electron chi connectivity index (χ4n) is 1.01. The molecule has 5 heteroatoms. The Kier molecular flexibility index (Phi) is 3.45. The van der Waals surface area contributed by atoms with Crippen LogP contribution in [0.4, 0.5) is 0 Å². The van der Waals surface area contributed by atoms with E-state index in [0.29, 0.717) is 13.1 Å². The van der Waals surface area contributed by atoms with Crippen molar-refractivity contribution in [1.82, 2.24) is 10.1 Å². The first kappa shape index (κ1) is 9.73. The molecule has 0 bridgehead atoms. The van der Waals surface area contributed by atoms with E-state index in [1.54, 1.807) is 0 Å². The van der Waals surface area contributed by atoms with E-state index in [0.717, 1.165) is 0 Å². The molecule has 1 heterocycles. The molecule has 13 heavy (non-hydrogen) atoms. The summed E-state index contributed by atoms with van der Waals surface area (Å²) in [6.07, 6.45) is 1.35. The lowest BCUT2D eigenvalue weighted by molar-refractivity contribution is 0.0721. The molecule has 5 nitrogen and oxygen atoms in total. The molecule has 0 saturated heterocycles. The molecular weight excluding hydrogens is 172 g/mol. The Morgan fingerprint density at radius 1 is 1.77 bits per heavy atom. The van der Waals surface area contributed by atoms with Crippen LogP contribution in [0.2, 0.25) is 0 Å². The third-order valence-electron chi connectivity index (χ3n) is 1.70. The topological polar surface area (TPSA) is 66.6 Å². The zero-order chi connectivity index (χ0) is 9.68. The minimum atomic E-state index is -0.217. The van der Waals surface area contributed by atoms with Gasteiger partial charge >= 0.3 is 0 Å². The molecular formula is C8H12N2O3. The number of aliphatic hydroxyl groups is 1. The van der Waals surface area contributed by atoms with Crippen LogP contribution in [0.15, 0.2) is 16.9 Å². The van der Waals surface area contributed by atoms with Crippen molar-refractivity contribution in [1.29, 1.82) is 0 Å². The third kappa shape index (κ3) is 2.29. The van der Waals surface area contributed by atoms with E-state index < -0.39 is 0 Å². The summed E-state index contributed by atoms with van der Waals surface area (Å²) < 4.78 is 4.55. The Balaban J connectivity index is 2.65. The Labute approximate surface area is 75.9 Å². The molecule has 0 saturated carbocycles. The minimum Gasteiger partial charge on any atom is -0.395 e. The maximum Gasteiger partial charge on any atom is 0.276 e. The maximum atomic E-state index is 11.5. The van der Waals surface area contributed by atoms with Crippen molar-refractivity contribution in [2.45, 2.75) is 6.92 Å². The van der Waals surface area contributed by atoms with Gasteiger partial charge in [0.1, 0.15) is 6.26 Å². The van der Waals surface area contributed by atoms with Gasteiger partial charge in [0.25, 0.3) is 5.91 Å². The molecule has 1 aromatic heterocycles. The summed E-state index contributed by atoms with van der Waals surface area (Å²) in [5.41, 5.74) is 0.273. The smallest absolute Gasteiger partial charge is 0.276 e. The van der Waals surface area contributed by atoms with E-state index in [2.05, 4.69) is 9.68 Å². The Bertz CT molecular complexity index is 258. The second-order valence-corrected chi connectivity index (χ2v) is 2.49. The summed E-state index contributed by atoms with van der Waals surface area (Å²) in [7, 11) is 0. The van der Waals surface area contributed by atoms with Crippen molar-refractivity contribution in [3.05, 3.63) is 18.0 Å². The molecule has 0 spiro atoms. The molecule has 0 radical (unpaired) electrons. The number of nitrogens with zero attached hydrogens (tertiary/aromatic N) is 2. The first-order valence-corrected chi connectivity index (χ1v) is 4.10. The molecule has 1 aromatic rings. The number of carbonyl (C=O) groups excluding carboxylic acids is 1. The highest BCUT2D eigenvalue weighted by molar-refractivity contribution is 5.92. The highest BCUT2D eigenvalue weighted by atomic mass is 16.5. The lowest BCUT2D eigenvalue weighted by atomic mass is 10.3. The van der Waals surface area contributed by atoms with E-state index >= 15 is 0 Å². The quantitative estimate of drug-likeness (QED) is 0.722. The van der Waals surface area contributed by atoms with E-state index in [1.807, 2.05) is 6.92 Å². The van der Waals surface area contributed by atoms with Crippen LogP contribution < -0.4 is 0 Å². The van der Waals surface area contributed by atoms with Crippen LogP contribution in [0.25, 0.3) is 0 Å². The standard InChI is InChI=1S/C8H12N2O3/c1-2-10(4-5-11)8(12)7-3-6-13-9-7/h3,6,11H,2,4-5H2,1H3. The van der Waals surface area contributed by atoms with Gasteiger partial charge in [0, 0.05) is 19.2 Å². The van der Waals surface area contributed by atoms with Crippen LogP contribution in [0, 0.1) is 0 Å². The Morgan fingerprint density at radius 2 is 2.54 bits per heavy atom. The average molecular weight is 184 g/mol. The second-order valence-electron chi connectivity index (χ2n) is 2.49. The van der Waals surface area contributed by atoms with Crippen molar-refractivity contribution in [3.63, 3.8) is 0 Å². The molecule has 0 unspecified atom stereocenters. The van der Waals surface area contributed by atoms with Gasteiger partial charge in [-0.3, -0.25) is 4.79 Å². The average Bonchev–Trinajstić information content (AvgIpc) is 2.65. The highest BCUT2D eigenvalue weighted by Crippen LogP contribution is 2.00. The predicted octanol–water partition coefficient (Wildman–Crippen LogP) is 0.129. The fraction of sp³-hybridized carbons (Fsp3) is 0.500. The van der Waals surface area contributed by atoms with Crippen molar-refractivity contribution in [3.8, 4) is 0 Å². The fourth-order valence-corrected chi connectivity index (χ4v) is 1.01. The van der Waals surface area contributed by atoms with Gasteiger partial charge < -0.3 is 14.5 Å². The lowest BCUT2D eigenvalue weighted by Crippen LogP contribution is -2.33. The van der Waals surface area contributed by atoms with Gasteiger partial charge in [0.2, 0.25) is 0 Å².